The first-order valence-electron chi connectivity index (χ1n) is 12.1. The molecule has 0 spiro atoms. The molecule has 0 saturated carbocycles. The smallest absolute Gasteiger partial charge is 0.224 e. The van der Waals surface area contributed by atoms with Crippen molar-refractivity contribution in [3.8, 4) is 17.3 Å². The van der Waals surface area contributed by atoms with Gasteiger partial charge in [0.2, 0.25) is 5.91 Å². The van der Waals surface area contributed by atoms with Crippen molar-refractivity contribution in [1.29, 1.82) is 0 Å². The second-order valence-electron chi connectivity index (χ2n) is 8.97. The fraction of sp³-hybridized carbons (Fsp3) is 0.286. The van der Waals surface area contributed by atoms with E-state index >= 15 is 0 Å². The second kappa shape index (κ2) is 10.6. The van der Waals surface area contributed by atoms with Crippen molar-refractivity contribution >= 4 is 5.91 Å². The predicted molar refractivity (Wildman–Crippen MR) is 136 cm³/mol. The largest absolute Gasteiger partial charge is 0.497 e. The van der Waals surface area contributed by atoms with E-state index in [2.05, 4.69) is 26.9 Å². The summed E-state index contributed by atoms with van der Waals surface area (Å²) in [5, 5.41) is 7.84. The van der Waals surface area contributed by atoms with Crippen molar-refractivity contribution in [2.75, 3.05) is 20.2 Å². The lowest BCUT2D eigenvalue weighted by molar-refractivity contribution is -0.126. The number of likely N-dealkylation sites (tertiary alicyclic amines) is 1. The third kappa shape index (κ3) is 5.30. The lowest BCUT2D eigenvalue weighted by Crippen LogP contribution is -2.42. The number of piperidine rings is 1. The average Bonchev–Trinajstić information content (AvgIpc) is 3.58. The molecule has 0 bridgehead atoms. The fourth-order valence-electron chi connectivity index (χ4n) is 4.73. The van der Waals surface area contributed by atoms with Crippen molar-refractivity contribution in [3.05, 3.63) is 96.4 Å². The Kier molecular flexibility index (Phi) is 6.95. The monoisotopic (exact) mass is 469 g/mol. The van der Waals surface area contributed by atoms with Crippen LogP contribution in [-0.4, -0.2) is 45.4 Å². The molecule has 2 aromatic carbocycles. The number of aromatic nitrogens is 3. The van der Waals surface area contributed by atoms with Gasteiger partial charge in [-0.25, -0.2) is 4.68 Å². The van der Waals surface area contributed by atoms with Crippen LogP contribution in [0.25, 0.3) is 11.5 Å². The number of carbonyl (C=O) groups is 1. The summed E-state index contributed by atoms with van der Waals surface area (Å²) in [6.45, 7) is 3.00. The molecule has 5 rings (SSSR count). The Labute approximate surface area is 205 Å². The summed E-state index contributed by atoms with van der Waals surface area (Å²) in [7, 11) is 1.65. The Balaban J connectivity index is 1.26. The average molecular weight is 470 g/mol. The molecule has 0 radical (unpaired) electrons. The molecule has 35 heavy (non-hydrogen) atoms. The topological polar surface area (TPSA) is 64.3 Å². The standard InChI is InChI=1S/C28H31N5O2/c1-35-26-13-11-22(12-14-26)18-29-27(34)23-8-7-15-31(20-23)21-24-19-30-33(25-9-3-2-4-10-25)28(24)32-16-5-6-17-32/h2-6,9-14,16-17,19,23H,7-8,15,18,20-21H2,1H3,(H,29,34)/t23-/m0/s1. The van der Waals surface area contributed by atoms with Crippen molar-refractivity contribution in [2.45, 2.75) is 25.9 Å². The molecule has 0 unspecified atom stereocenters. The Hall–Kier alpha value is -3.84. The van der Waals surface area contributed by atoms with Gasteiger partial charge in [-0.3, -0.25) is 9.69 Å². The number of amides is 1. The van der Waals surface area contributed by atoms with E-state index in [0.29, 0.717) is 6.54 Å². The summed E-state index contributed by atoms with van der Waals surface area (Å²) < 4.78 is 9.30. The van der Waals surface area contributed by atoms with Crippen LogP contribution in [-0.2, 0) is 17.9 Å². The van der Waals surface area contributed by atoms with E-state index < -0.39 is 0 Å². The number of para-hydroxylation sites is 1. The van der Waals surface area contributed by atoms with Crippen LogP contribution >= 0.6 is 0 Å². The second-order valence-corrected chi connectivity index (χ2v) is 8.97. The van der Waals surface area contributed by atoms with E-state index in [1.807, 2.05) is 77.9 Å². The van der Waals surface area contributed by atoms with Crippen LogP contribution in [0.1, 0.15) is 24.0 Å². The molecule has 1 N–H and O–H groups in total. The fourth-order valence-corrected chi connectivity index (χ4v) is 4.73. The first-order valence-corrected chi connectivity index (χ1v) is 12.1. The minimum atomic E-state index is -0.0128. The molecule has 1 amide bonds. The van der Waals surface area contributed by atoms with Crippen LogP contribution in [0.5, 0.6) is 5.75 Å². The Morgan fingerprint density at radius 3 is 2.57 bits per heavy atom. The number of nitrogens with zero attached hydrogens (tertiary/aromatic N) is 4. The van der Waals surface area contributed by atoms with E-state index in [1.54, 1.807) is 7.11 Å². The van der Waals surface area contributed by atoms with Gasteiger partial charge in [-0.05, 0) is 61.3 Å². The first kappa shape index (κ1) is 22.9. The van der Waals surface area contributed by atoms with Gasteiger partial charge >= 0.3 is 0 Å². The van der Waals surface area contributed by atoms with Crippen molar-refractivity contribution in [1.82, 2.24) is 24.6 Å². The quantitative estimate of drug-likeness (QED) is 0.420. The van der Waals surface area contributed by atoms with E-state index in [0.717, 1.165) is 60.9 Å². The summed E-state index contributed by atoms with van der Waals surface area (Å²) >= 11 is 0. The highest BCUT2D eigenvalue weighted by molar-refractivity contribution is 5.79. The maximum atomic E-state index is 13.0. The molecule has 7 nitrogen and oxygen atoms in total. The van der Waals surface area contributed by atoms with Gasteiger partial charge in [0.25, 0.3) is 0 Å². The summed E-state index contributed by atoms with van der Waals surface area (Å²) in [5.41, 5.74) is 3.23. The van der Waals surface area contributed by atoms with Crippen molar-refractivity contribution in [2.24, 2.45) is 5.92 Å². The van der Waals surface area contributed by atoms with Crippen molar-refractivity contribution in [3.63, 3.8) is 0 Å². The lowest BCUT2D eigenvalue weighted by atomic mass is 9.96. The minimum absolute atomic E-state index is 0.0128. The highest BCUT2D eigenvalue weighted by Gasteiger charge is 2.27. The van der Waals surface area contributed by atoms with Crippen molar-refractivity contribution < 1.29 is 9.53 Å². The lowest BCUT2D eigenvalue weighted by Gasteiger charge is -2.32. The molecular formula is C28H31N5O2. The highest BCUT2D eigenvalue weighted by Crippen LogP contribution is 2.24. The van der Waals surface area contributed by atoms with E-state index in [9.17, 15) is 4.79 Å². The number of ether oxygens (including phenoxy) is 1. The predicted octanol–water partition coefficient (Wildman–Crippen LogP) is 4.20. The van der Waals surface area contributed by atoms with Crippen LogP contribution < -0.4 is 10.1 Å². The van der Waals surface area contributed by atoms with Gasteiger partial charge in [-0.2, -0.15) is 5.10 Å². The number of hydrogen-bond donors (Lipinski definition) is 1. The zero-order chi connectivity index (χ0) is 24.0. The van der Waals surface area contributed by atoms with Crippen LogP contribution in [0.15, 0.2) is 85.3 Å². The van der Waals surface area contributed by atoms with Crippen LogP contribution in [0.4, 0.5) is 0 Å². The van der Waals surface area contributed by atoms with Gasteiger partial charge in [-0.15, -0.1) is 0 Å². The summed E-state index contributed by atoms with van der Waals surface area (Å²) in [6, 6.07) is 22.0. The zero-order valence-corrected chi connectivity index (χ0v) is 20.0. The number of nitrogens with one attached hydrogen (secondary N) is 1. The van der Waals surface area contributed by atoms with Gasteiger partial charge in [0.05, 0.1) is 24.9 Å². The number of rotatable bonds is 8. The van der Waals surface area contributed by atoms with Crippen LogP contribution in [0.3, 0.4) is 0 Å². The Morgan fingerprint density at radius 2 is 1.83 bits per heavy atom. The normalized spacial score (nSPS) is 16.2. The third-order valence-corrected chi connectivity index (χ3v) is 6.56. The molecule has 1 saturated heterocycles. The zero-order valence-electron chi connectivity index (χ0n) is 20.0. The molecule has 3 heterocycles. The molecule has 7 heteroatoms. The molecule has 1 aliphatic rings. The van der Waals surface area contributed by atoms with E-state index in [4.69, 9.17) is 9.84 Å². The van der Waals surface area contributed by atoms with Gasteiger partial charge in [0.1, 0.15) is 11.6 Å². The molecular weight excluding hydrogens is 438 g/mol. The van der Waals surface area contributed by atoms with E-state index in [1.165, 1.54) is 0 Å². The molecule has 1 atom stereocenters. The molecule has 180 valence electrons. The minimum Gasteiger partial charge on any atom is -0.497 e. The van der Waals surface area contributed by atoms with E-state index in [-0.39, 0.29) is 11.8 Å². The maximum Gasteiger partial charge on any atom is 0.224 e. The summed E-state index contributed by atoms with van der Waals surface area (Å²) in [4.78, 5) is 15.3. The Bertz CT molecular complexity index is 1230. The van der Waals surface area contributed by atoms with Gasteiger partial charge < -0.3 is 14.6 Å². The number of hydrogen-bond acceptors (Lipinski definition) is 4. The maximum absolute atomic E-state index is 13.0. The Morgan fingerprint density at radius 1 is 1.06 bits per heavy atom. The van der Waals surface area contributed by atoms with Crippen LogP contribution in [0.2, 0.25) is 0 Å². The number of carbonyl (C=O) groups excluding carboxylic acids is 1. The molecule has 1 fully saturated rings. The van der Waals surface area contributed by atoms with Gasteiger partial charge in [-0.1, -0.05) is 30.3 Å². The molecule has 2 aromatic heterocycles. The molecule has 0 aliphatic carbocycles. The number of methoxy groups -OCH3 is 1. The molecule has 4 aromatic rings. The van der Waals surface area contributed by atoms with Gasteiger partial charge in [0.15, 0.2) is 0 Å². The SMILES string of the molecule is COc1ccc(CNC(=O)[C@H]2CCCN(Cc3cnn(-c4ccccc4)c3-n3cccc3)C2)cc1. The molecule has 1 aliphatic heterocycles. The third-order valence-electron chi connectivity index (χ3n) is 6.56. The van der Waals surface area contributed by atoms with Gasteiger partial charge in [0, 0.05) is 37.6 Å². The summed E-state index contributed by atoms with van der Waals surface area (Å²) in [5.74, 6) is 1.96. The number of benzene rings is 2. The van der Waals surface area contributed by atoms with Crippen LogP contribution in [0, 0.1) is 5.92 Å². The first-order chi connectivity index (χ1) is 17.2. The summed E-state index contributed by atoms with van der Waals surface area (Å²) in [6.07, 6.45) is 7.97. The highest BCUT2D eigenvalue weighted by atomic mass is 16.5.